The van der Waals surface area contributed by atoms with Gasteiger partial charge in [-0.05, 0) is 30.3 Å². The second-order valence-electron chi connectivity index (χ2n) is 3.76. The summed E-state index contributed by atoms with van der Waals surface area (Å²) >= 11 is 1.64. The van der Waals surface area contributed by atoms with Gasteiger partial charge in [-0.3, -0.25) is 4.98 Å². The molecule has 1 aromatic carbocycles. The van der Waals surface area contributed by atoms with E-state index in [1.165, 1.54) is 4.70 Å². The van der Waals surface area contributed by atoms with E-state index in [1.807, 2.05) is 29.8 Å². The van der Waals surface area contributed by atoms with Crippen molar-refractivity contribution in [3.63, 3.8) is 0 Å². The Hall–Kier alpha value is -1.75. The van der Waals surface area contributed by atoms with Crippen LogP contribution in [0.15, 0.2) is 42.0 Å². The summed E-state index contributed by atoms with van der Waals surface area (Å²) in [4.78, 5) is 8.46. The Morgan fingerprint density at radius 3 is 2.67 bits per heavy atom. The van der Waals surface area contributed by atoms with Crippen molar-refractivity contribution in [2.75, 3.05) is 0 Å². The Kier molecular flexibility index (Phi) is 3.06. The van der Waals surface area contributed by atoms with Gasteiger partial charge in [0, 0.05) is 17.3 Å². The molecule has 0 N–H and O–H groups in total. The Balaban J connectivity index is 1.94. The first-order valence-electron chi connectivity index (χ1n) is 5.38. The lowest BCUT2D eigenvalue weighted by atomic mass is 10.2. The first kappa shape index (κ1) is 11.3. The molecule has 3 aromatic rings. The average Bonchev–Trinajstić information content (AvgIpc) is 2.85. The van der Waals surface area contributed by atoms with Crippen LogP contribution in [-0.2, 0) is 0 Å². The van der Waals surface area contributed by atoms with Crippen LogP contribution in [-0.4, -0.2) is 9.97 Å². The van der Waals surface area contributed by atoms with E-state index in [9.17, 15) is 0 Å². The molecule has 0 radical (unpaired) electrons. The molecule has 0 spiro atoms. The summed E-state index contributed by atoms with van der Waals surface area (Å²) in [6, 6.07) is 9.98. The maximum atomic E-state index is 4.28. The lowest BCUT2D eigenvalue weighted by molar-refractivity contribution is 1.37. The van der Waals surface area contributed by atoms with Crippen LogP contribution in [0.4, 0.5) is 0 Å². The number of hydrogen-bond acceptors (Lipinski definition) is 3. The number of nitrogens with zero attached hydrogens (tertiary/aromatic N) is 2. The van der Waals surface area contributed by atoms with E-state index in [1.54, 1.807) is 17.5 Å². The molecule has 0 saturated heterocycles. The molecule has 0 bridgehead atoms. The van der Waals surface area contributed by atoms with Crippen molar-refractivity contribution in [2.45, 2.75) is 0 Å². The average molecular weight is 268 g/mol. The fourth-order valence-corrected chi connectivity index (χ4v) is 2.39. The normalized spacial score (nSPS) is 10.1. The summed E-state index contributed by atoms with van der Waals surface area (Å²) in [7, 11) is 2.56. The zero-order chi connectivity index (χ0) is 12.4. The maximum Gasteiger partial charge on any atom is 0.0824 e. The van der Waals surface area contributed by atoms with E-state index in [0.29, 0.717) is 0 Å². The summed E-state index contributed by atoms with van der Waals surface area (Å²) in [5.74, 6) is 6.23. The van der Waals surface area contributed by atoms with Gasteiger partial charge in [0.25, 0.3) is 0 Å². The van der Waals surface area contributed by atoms with Crippen molar-refractivity contribution in [2.24, 2.45) is 0 Å². The van der Waals surface area contributed by atoms with Gasteiger partial charge in [-0.15, -0.1) is 11.3 Å². The number of thiazole rings is 1. The van der Waals surface area contributed by atoms with E-state index in [2.05, 4.69) is 37.1 Å². The highest BCUT2D eigenvalue weighted by Crippen LogP contribution is 2.18. The SMILES string of the molecule is Pc1ccc(C#Cc2ccc3scnc3c2)cn1. The second kappa shape index (κ2) is 4.86. The Morgan fingerprint density at radius 2 is 1.83 bits per heavy atom. The highest BCUT2D eigenvalue weighted by molar-refractivity contribution is 7.26. The van der Waals surface area contributed by atoms with Crippen molar-refractivity contribution in [3.8, 4) is 11.8 Å². The molecule has 1 atom stereocenters. The van der Waals surface area contributed by atoms with Gasteiger partial charge in [0.2, 0.25) is 0 Å². The first-order chi connectivity index (χ1) is 8.81. The molecule has 0 aliphatic rings. The summed E-state index contributed by atoms with van der Waals surface area (Å²) in [5.41, 5.74) is 5.67. The van der Waals surface area contributed by atoms with E-state index in [0.717, 1.165) is 22.1 Å². The summed E-state index contributed by atoms with van der Waals surface area (Å²) in [6.07, 6.45) is 1.77. The number of aromatic nitrogens is 2. The molecule has 0 amide bonds. The van der Waals surface area contributed by atoms with Gasteiger partial charge in [0.05, 0.1) is 21.2 Å². The zero-order valence-corrected chi connectivity index (χ0v) is 11.4. The van der Waals surface area contributed by atoms with Gasteiger partial charge in [0.1, 0.15) is 0 Å². The van der Waals surface area contributed by atoms with Crippen molar-refractivity contribution in [3.05, 3.63) is 53.2 Å². The van der Waals surface area contributed by atoms with Gasteiger partial charge in [-0.1, -0.05) is 21.1 Å². The molecule has 2 aromatic heterocycles. The topological polar surface area (TPSA) is 25.8 Å². The molecule has 3 rings (SSSR count). The Labute approximate surface area is 111 Å². The van der Waals surface area contributed by atoms with Crippen molar-refractivity contribution in [1.29, 1.82) is 0 Å². The summed E-state index contributed by atoms with van der Waals surface area (Å²) in [6.45, 7) is 0. The third-order valence-corrected chi connectivity index (χ3v) is 3.62. The number of fused-ring (bicyclic) bond motifs is 1. The fourth-order valence-electron chi connectivity index (χ4n) is 1.56. The number of hydrogen-bond donors (Lipinski definition) is 0. The lowest BCUT2D eigenvalue weighted by Crippen LogP contribution is -1.95. The van der Waals surface area contributed by atoms with Gasteiger partial charge >= 0.3 is 0 Å². The Morgan fingerprint density at radius 1 is 1.00 bits per heavy atom. The minimum atomic E-state index is 0.916. The molecular formula is C14H9N2PS. The van der Waals surface area contributed by atoms with Crippen LogP contribution >= 0.6 is 20.6 Å². The molecule has 2 heterocycles. The minimum absolute atomic E-state index is 0.916. The van der Waals surface area contributed by atoms with E-state index in [4.69, 9.17) is 0 Å². The smallest absolute Gasteiger partial charge is 0.0824 e. The van der Waals surface area contributed by atoms with Crippen LogP contribution in [0.25, 0.3) is 10.2 Å². The zero-order valence-electron chi connectivity index (χ0n) is 9.42. The number of benzene rings is 1. The quantitative estimate of drug-likeness (QED) is 0.462. The van der Waals surface area contributed by atoms with Crippen molar-refractivity contribution < 1.29 is 0 Å². The summed E-state index contributed by atoms with van der Waals surface area (Å²) in [5, 5.41) is 0. The molecule has 0 saturated carbocycles. The number of pyridine rings is 1. The molecule has 2 nitrogen and oxygen atoms in total. The molecule has 0 aliphatic heterocycles. The van der Waals surface area contributed by atoms with Gasteiger partial charge < -0.3 is 0 Å². The van der Waals surface area contributed by atoms with Crippen molar-refractivity contribution >= 4 is 36.2 Å². The molecule has 1 unspecified atom stereocenters. The molecule has 4 heteroatoms. The summed E-state index contributed by atoms with van der Waals surface area (Å²) < 4.78 is 1.19. The number of rotatable bonds is 0. The minimum Gasteiger partial charge on any atom is -0.256 e. The largest absolute Gasteiger partial charge is 0.256 e. The van der Waals surface area contributed by atoms with Crippen LogP contribution in [0.5, 0.6) is 0 Å². The van der Waals surface area contributed by atoms with E-state index in [-0.39, 0.29) is 0 Å². The molecule has 86 valence electrons. The predicted octanol–water partition coefficient (Wildman–Crippen LogP) is 2.59. The second-order valence-corrected chi connectivity index (χ2v) is 5.23. The Bertz CT molecular complexity index is 751. The van der Waals surface area contributed by atoms with Gasteiger partial charge in [0.15, 0.2) is 0 Å². The monoisotopic (exact) mass is 268 g/mol. The van der Waals surface area contributed by atoms with Crippen molar-refractivity contribution in [1.82, 2.24) is 9.97 Å². The molecule has 0 fully saturated rings. The van der Waals surface area contributed by atoms with Crippen LogP contribution in [0, 0.1) is 11.8 Å². The fraction of sp³-hybridized carbons (Fsp3) is 0. The van der Waals surface area contributed by atoms with Crippen LogP contribution in [0.3, 0.4) is 0 Å². The standard InChI is InChI=1S/C14H9N2PS/c17-14-6-4-11(8-15-14)2-1-10-3-5-13-12(7-10)16-9-18-13/h3-9H,17H2. The third kappa shape index (κ3) is 2.41. The lowest BCUT2D eigenvalue weighted by Gasteiger charge is -1.92. The van der Waals surface area contributed by atoms with Gasteiger partial charge in [-0.2, -0.15) is 0 Å². The highest BCUT2D eigenvalue weighted by atomic mass is 32.1. The van der Waals surface area contributed by atoms with Crippen LogP contribution < -0.4 is 5.44 Å². The maximum absolute atomic E-state index is 4.28. The first-order valence-corrected chi connectivity index (χ1v) is 6.84. The van der Waals surface area contributed by atoms with E-state index >= 15 is 0 Å². The van der Waals surface area contributed by atoms with E-state index < -0.39 is 0 Å². The third-order valence-electron chi connectivity index (χ3n) is 2.47. The van der Waals surface area contributed by atoms with Gasteiger partial charge in [-0.25, -0.2) is 4.98 Å². The molecule has 0 aliphatic carbocycles. The predicted molar refractivity (Wildman–Crippen MR) is 79.2 cm³/mol. The molecular weight excluding hydrogens is 259 g/mol. The van der Waals surface area contributed by atoms with Crippen LogP contribution in [0.2, 0.25) is 0 Å². The highest BCUT2D eigenvalue weighted by Gasteiger charge is 1.96. The van der Waals surface area contributed by atoms with Crippen LogP contribution in [0.1, 0.15) is 11.1 Å². The molecule has 18 heavy (non-hydrogen) atoms.